The van der Waals surface area contributed by atoms with Gasteiger partial charge >= 0.3 is 0 Å². The Balaban J connectivity index is 2.01. The van der Waals surface area contributed by atoms with Crippen molar-refractivity contribution >= 4 is 11.7 Å². The van der Waals surface area contributed by atoms with Gasteiger partial charge in [-0.3, -0.25) is 9.59 Å². The number of benzene rings is 1. The molecule has 17 heavy (non-hydrogen) atoms. The molecular formula is C13H14FNO2. The molecule has 0 bridgehead atoms. The van der Waals surface area contributed by atoms with Crippen molar-refractivity contribution in [2.24, 2.45) is 0 Å². The van der Waals surface area contributed by atoms with Crippen molar-refractivity contribution in [1.82, 2.24) is 4.90 Å². The summed E-state index contributed by atoms with van der Waals surface area (Å²) in [5, 5.41) is 0. The summed E-state index contributed by atoms with van der Waals surface area (Å²) >= 11 is 0. The maximum Gasteiger partial charge on any atom is 0.222 e. The second-order valence-corrected chi connectivity index (χ2v) is 4.20. The molecule has 3 nitrogen and oxygen atoms in total. The van der Waals surface area contributed by atoms with Gasteiger partial charge in [0.05, 0.1) is 6.54 Å². The Morgan fingerprint density at radius 3 is 2.59 bits per heavy atom. The maximum atomic E-state index is 12.7. The Bertz CT molecular complexity index is 428. The van der Waals surface area contributed by atoms with Gasteiger partial charge in [-0.05, 0) is 37.1 Å². The maximum absolute atomic E-state index is 12.7. The quantitative estimate of drug-likeness (QED) is 0.752. The van der Waals surface area contributed by atoms with Crippen molar-refractivity contribution in [2.75, 3.05) is 13.1 Å². The molecule has 2 rings (SSSR count). The second-order valence-electron chi connectivity index (χ2n) is 4.20. The molecule has 1 heterocycles. The Labute approximate surface area is 99.2 Å². The molecule has 0 saturated carbocycles. The van der Waals surface area contributed by atoms with Gasteiger partial charge in [0.2, 0.25) is 5.91 Å². The summed E-state index contributed by atoms with van der Waals surface area (Å²) in [5.41, 5.74) is 0.449. The molecule has 0 atom stereocenters. The van der Waals surface area contributed by atoms with E-state index >= 15 is 0 Å². The SMILES string of the molecule is O=C(CN1CCCCC1=O)c1ccc(F)cc1. The third-order valence-corrected chi connectivity index (χ3v) is 2.92. The molecule has 1 aliphatic heterocycles. The summed E-state index contributed by atoms with van der Waals surface area (Å²) in [5.74, 6) is -0.470. The van der Waals surface area contributed by atoms with E-state index in [0.29, 0.717) is 18.5 Å². The molecule has 1 aromatic rings. The van der Waals surface area contributed by atoms with Crippen LogP contribution in [-0.2, 0) is 4.79 Å². The molecule has 0 N–H and O–H groups in total. The number of carbonyl (C=O) groups is 2. The topological polar surface area (TPSA) is 37.4 Å². The predicted molar refractivity (Wildman–Crippen MR) is 61.2 cm³/mol. The van der Waals surface area contributed by atoms with E-state index in [4.69, 9.17) is 0 Å². The number of piperidine rings is 1. The van der Waals surface area contributed by atoms with Crippen molar-refractivity contribution in [3.8, 4) is 0 Å². The molecule has 0 spiro atoms. The Morgan fingerprint density at radius 2 is 1.94 bits per heavy atom. The first-order chi connectivity index (χ1) is 8.16. The molecule has 1 aromatic carbocycles. The summed E-state index contributed by atoms with van der Waals surface area (Å²) in [4.78, 5) is 25.0. The Hall–Kier alpha value is -1.71. The van der Waals surface area contributed by atoms with E-state index in [-0.39, 0.29) is 24.1 Å². The highest BCUT2D eigenvalue weighted by atomic mass is 19.1. The van der Waals surface area contributed by atoms with Crippen molar-refractivity contribution < 1.29 is 14.0 Å². The summed E-state index contributed by atoms with van der Waals surface area (Å²) in [7, 11) is 0. The first kappa shape index (κ1) is 11.8. The van der Waals surface area contributed by atoms with Crippen molar-refractivity contribution in [3.63, 3.8) is 0 Å². The van der Waals surface area contributed by atoms with Crippen LogP contribution in [0.1, 0.15) is 29.6 Å². The van der Waals surface area contributed by atoms with Crippen LogP contribution in [0.15, 0.2) is 24.3 Å². The van der Waals surface area contributed by atoms with Gasteiger partial charge in [0, 0.05) is 18.5 Å². The van der Waals surface area contributed by atoms with Crippen LogP contribution < -0.4 is 0 Å². The zero-order valence-electron chi connectivity index (χ0n) is 9.49. The molecule has 0 unspecified atom stereocenters. The fourth-order valence-electron chi connectivity index (χ4n) is 1.93. The molecule has 1 amide bonds. The van der Waals surface area contributed by atoms with Gasteiger partial charge in [-0.25, -0.2) is 4.39 Å². The highest BCUT2D eigenvalue weighted by Gasteiger charge is 2.20. The average Bonchev–Trinajstić information content (AvgIpc) is 2.33. The largest absolute Gasteiger partial charge is 0.335 e. The number of amides is 1. The van der Waals surface area contributed by atoms with E-state index in [1.54, 1.807) is 4.90 Å². The highest BCUT2D eigenvalue weighted by Crippen LogP contribution is 2.12. The van der Waals surface area contributed by atoms with Gasteiger partial charge in [0.15, 0.2) is 5.78 Å². The number of rotatable bonds is 3. The first-order valence-corrected chi connectivity index (χ1v) is 5.73. The molecular weight excluding hydrogens is 221 g/mol. The van der Waals surface area contributed by atoms with E-state index in [0.717, 1.165) is 12.8 Å². The monoisotopic (exact) mass is 235 g/mol. The van der Waals surface area contributed by atoms with Gasteiger partial charge in [-0.1, -0.05) is 0 Å². The molecule has 0 radical (unpaired) electrons. The number of nitrogens with zero attached hydrogens (tertiary/aromatic N) is 1. The lowest BCUT2D eigenvalue weighted by molar-refractivity contribution is -0.132. The molecule has 1 aliphatic rings. The zero-order valence-corrected chi connectivity index (χ0v) is 9.49. The smallest absolute Gasteiger partial charge is 0.222 e. The van der Waals surface area contributed by atoms with Crippen molar-refractivity contribution in [3.05, 3.63) is 35.6 Å². The van der Waals surface area contributed by atoms with Crippen LogP contribution in [-0.4, -0.2) is 29.7 Å². The average molecular weight is 235 g/mol. The van der Waals surface area contributed by atoms with Gasteiger partial charge in [0.25, 0.3) is 0 Å². The van der Waals surface area contributed by atoms with Crippen LogP contribution in [0.5, 0.6) is 0 Å². The number of halogens is 1. The zero-order chi connectivity index (χ0) is 12.3. The normalized spacial score (nSPS) is 16.1. The lowest BCUT2D eigenvalue weighted by Gasteiger charge is -2.25. The van der Waals surface area contributed by atoms with E-state index < -0.39 is 0 Å². The fraction of sp³-hybridized carbons (Fsp3) is 0.385. The minimum absolute atomic E-state index is 0.0340. The minimum atomic E-state index is -0.365. The summed E-state index contributed by atoms with van der Waals surface area (Å²) in [6.07, 6.45) is 2.37. The number of Topliss-reactive ketones (excluding diaryl/α,β-unsaturated/α-hetero) is 1. The van der Waals surface area contributed by atoms with Gasteiger partial charge < -0.3 is 4.90 Å². The van der Waals surface area contributed by atoms with E-state index in [2.05, 4.69) is 0 Å². The number of ketones is 1. The number of likely N-dealkylation sites (tertiary alicyclic amines) is 1. The number of hydrogen-bond donors (Lipinski definition) is 0. The lowest BCUT2D eigenvalue weighted by Crippen LogP contribution is -2.39. The first-order valence-electron chi connectivity index (χ1n) is 5.73. The van der Waals surface area contributed by atoms with Gasteiger partial charge in [0.1, 0.15) is 5.82 Å². The molecule has 0 aromatic heterocycles. The van der Waals surface area contributed by atoms with E-state index in [1.165, 1.54) is 24.3 Å². The lowest BCUT2D eigenvalue weighted by atomic mass is 10.1. The number of hydrogen-bond acceptors (Lipinski definition) is 2. The summed E-state index contributed by atoms with van der Waals surface area (Å²) in [6, 6.07) is 5.41. The van der Waals surface area contributed by atoms with Gasteiger partial charge in [-0.15, -0.1) is 0 Å². The highest BCUT2D eigenvalue weighted by molar-refractivity contribution is 5.99. The third kappa shape index (κ3) is 2.90. The van der Waals surface area contributed by atoms with Gasteiger partial charge in [-0.2, -0.15) is 0 Å². The van der Waals surface area contributed by atoms with Crippen LogP contribution in [0.3, 0.4) is 0 Å². The standard InChI is InChI=1S/C13H14FNO2/c14-11-6-4-10(5-7-11)12(16)9-15-8-2-1-3-13(15)17/h4-7H,1-3,8-9H2. The molecule has 1 saturated heterocycles. The van der Waals surface area contributed by atoms with Crippen LogP contribution in [0, 0.1) is 5.82 Å². The number of carbonyl (C=O) groups excluding carboxylic acids is 2. The third-order valence-electron chi connectivity index (χ3n) is 2.92. The van der Waals surface area contributed by atoms with E-state index in [1.807, 2.05) is 0 Å². The van der Waals surface area contributed by atoms with Crippen LogP contribution >= 0.6 is 0 Å². The minimum Gasteiger partial charge on any atom is -0.335 e. The van der Waals surface area contributed by atoms with Crippen LogP contribution in [0.25, 0.3) is 0 Å². The predicted octanol–water partition coefficient (Wildman–Crippen LogP) is 2.02. The van der Waals surface area contributed by atoms with Crippen LogP contribution in [0.4, 0.5) is 4.39 Å². The second kappa shape index (κ2) is 5.08. The Morgan fingerprint density at radius 1 is 1.24 bits per heavy atom. The summed E-state index contributed by atoms with van der Waals surface area (Å²) < 4.78 is 12.7. The molecule has 4 heteroatoms. The van der Waals surface area contributed by atoms with Crippen molar-refractivity contribution in [1.29, 1.82) is 0 Å². The molecule has 1 fully saturated rings. The van der Waals surface area contributed by atoms with Crippen LogP contribution in [0.2, 0.25) is 0 Å². The Kier molecular flexibility index (Phi) is 3.52. The van der Waals surface area contributed by atoms with E-state index in [9.17, 15) is 14.0 Å². The molecule has 0 aliphatic carbocycles. The fourth-order valence-corrected chi connectivity index (χ4v) is 1.93. The molecule has 90 valence electrons. The summed E-state index contributed by atoms with van der Waals surface area (Å²) in [6.45, 7) is 0.746. The van der Waals surface area contributed by atoms with Crippen molar-refractivity contribution in [2.45, 2.75) is 19.3 Å².